The largest absolute Gasteiger partial charge is 0.371 e. The highest BCUT2D eigenvalue weighted by Gasteiger charge is 2.38. The molecular formula is C77H78Br2F8N20O5S2. The lowest BCUT2D eigenvalue weighted by Crippen LogP contribution is -2.46. The summed E-state index contributed by atoms with van der Waals surface area (Å²) in [6, 6.07) is 30.6. The van der Waals surface area contributed by atoms with E-state index in [0.29, 0.717) is 31.1 Å². The molecule has 1 N–H and O–H groups in total. The van der Waals surface area contributed by atoms with Crippen LogP contribution in [-0.4, -0.2) is 144 Å². The molecule has 1 unspecified atom stereocenters. The summed E-state index contributed by atoms with van der Waals surface area (Å²) in [5.74, 6) is -11.6. The number of halogens is 10. The van der Waals surface area contributed by atoms with E-state index >= 15 is 0 Å². The predicted octanol–water partition coefficient (Wildman–Crippen LogP) is 15.3. The Morgan fingerprint density at radius 1 is 0.526 bits per heavy atom. The molecule has 13 heterocycles. The van der Waals surface area contributed by atoms with Gasteiger partial charge in [0.05, 0.1) is 30.4 Å². The van der Waals surface area contributed by atoms with Crippen LogP contribution in [0.25, 0.3) is 50.6 Å². The second-order valence-electron chi connectivity index (χ2n) is 26.7. The lowest BCUT2D eigenvalue weighted by atomic mass is 9.71. The third-order valence-electron chi connectivity index (χ3n) is 18.1. The van der Waals surface area contributed by atoms with Gasteiger partial charge in [0.2, 0.25) is 11.1 Å². The first-order valence-corrected chi connectivity index (χ1v) is 39.5. The van der Waals surface area contributed by atoms with Gasteiger partial charge in [-0.25, -0.2) is 77.9 Å². The molecule has 2 aliphatic heterocycles. The minimum atomic E-state index is -3.15. The van der Waals surface area contributed by atoms with Crippen LogP contribution in [-0.2, 0) is 54.1 Å². The van der Waals surface area contributed by atoms with Crippen LogP contribution in [0.3, 0.4) is 0 Å². The zero-order valence-corrected chi connectivity index (χ0v) is 67.8. The van der Waals surface area contributed by atoms with Crippen LogP contribution in [0, 0.1) is 5.41 Å². The number of thioether (sulfide) groups is 1. The van der Waals surface area contributed by atoms with Crippen molar-refractivity contribution in [3.63, 3.8) is 0 Å². The fraction of sp³-hybridized carbons (Fsp3) is 0.312. The van der Waals surface area contributed by atoms with Gasteiger partial charge >= 0.3 is 0 Å². The van der Waals surface area contributed by atoms with Crippen LogP contribution in [0.1, 0.15) is 93.6 Å². The van der Waals surface area contributed by atoms with Crippen molar-refractivity contribution in [3.8, 4) is 17.5 Å². The number of Topliss-reactive ketones (excluding diaryl/α,β-unsaturated/α-hetero) is 1. The highest BCUT2D eigenvalue weighted by Crippen LogP contribution is 2.42. The average molecular weight is 1740 g/mol. The maximum atomic E-state index is 14.1. The molecule has 0 amide bonds. The molecule has 2 saturated heterocycles. The van der Waals surface area contributed by atoms with Gasteiger partial charge in [-0.2, -0.15) is 40.1 Å². The summed E-state index contributed by atoms with van der Waals surface area (Å²) in [6.45, 7) is 20.5. The van der Waals surface area contributed by atoms with Gasteiger partial charge in [-0.15, -0.1) is 19.7 Å². The number of carbonyl (C=O) groups is 1. The van der Waals surface area contributed by atoms with Crippen molar-refractivity contribution in [3.05, 3.63) is 241 Å². The van der Waals surface area contributed by atoms with E-state index in [4.69, 9.17) is 0 Å². The minimum Gasteiger partial charge on any atom is -0.371 e. The SMILES string of the molecule is C=CCn1c(=O)c2cnc(Nc3ccc(N4CCC5(CCN(C)CC5)CC4)cc3)nc2n1-c1cccc(C(C)(F)F)n1.C=CCn1c(=O)c2cnc(S(C)=O)nc2n1-c1cccc(C(C)(F)F)n1.C=CCn1c(=O)c2cnc(SC)nc2n1-c1cccc(C(C)(F)F)n1.CC(=O)c1cccc(Br)n1.CC(F)(F)c1cccc(Br)n1. The van der Waals surface area contributed by atoms with E-state index in [1.165, 1.54) is 183 Å². The van der Waals surface area contributed by atoms with E-state index in [2.05, 4.69) is 141 Å². The summed E-state index contributed by atoms with van der Waals surface area (Å²) in [7, 11) is 0.736. The summed E-state index contributed by atoms with van der Waals surface area (Å²) in [5, 5.41) is 4.42. The number of carbonyl (C=O) groups excluding carboxylic acids is 1. The maximum absolute atomic E-state index is 14.1. The zero-order valence-electron chi connectivity index (χ0n) is 63.0. The fourth-order valence-electron chi connectivity index (χ4n) is 12.2. The molecule has 12 aromatic rings. The van der Waals surface area contributed by atoms with Gasteiger partial charge in [0.1, 0.15) is 53.8 Å². The molecule has 37 heteroatoms. The van der Waals surface area contributed by atoms with Gasteiger partial charge in [0.25, 0.3) is 40.4 Å². The molecule has 114 heavy (non-hydrogen) atoms. The molecule has 1 aromatic carbocycles. The molecule has 0 bridgehead atoms. The predicted molar refractivity (Wildman–Crippen MR) is 430 cm³/mol. The Kier molecular flexibility index (Phi) is 27.3. The van der Waals surface area contributed by atoms with Crippen LogP contribution < -0.4 is 26.9 Å². The van der Waals surface area contributed by atoms with Crippen molar-refractivity contribution >= 4 is 111 Å². The van der Waals surface area contributed by atoms with Crippen molar-refractivity contribution in [2.45, 2.75) is 114 Å². The number of pyridine rings is 5. The standard InChI is InChI=1S/C31H36F2N8O.C16H15F2N5O2S.C16H15F2N5OS.C7H6BrF2N.C7H6BrNO/c1-4-16-40-28(42)24-21-34-29(37-27(24)41(40)26-7-5-6-25(36-26)30(2,32)33)35-22-8-10-23(11-9-22)39-19-14-31(15-20-39)12-17-38(3)18-13-31;1-4-8-22-14(24)10-9-19-15(26(3)25)21-13(10)23(22)12-7-5-6-11(20-12)16(2,17)18;1-4-8-22-14(24)10-9-19-15(25-3)21-13(10)23(22)12-7-5-6-11(20-12)16(2,17)18;1-7(9,10)5-3-2-4-6(8)11-5;1-5(10)6-3-2-4-7(8)9-6/h4-11,21H,1,12-20H2,2-3H3,(H,34,35,37);4-7,9H,1,8H2,2-3H3;4-7,9H,1,8H2,2-3H3;2-4H,1H3;2-4H,1H3. The molecule has 2 aliphatic rings. The van der Waals surface area contributed by atoms with Crippen LogP contribution in [0.15, 0.2) is 206 Å². The van der Waals surface area contributed by atoms with Gasteiger partial charge in [-0.3, -0.25) is 23.4 Å². The third-order valence-corrected chi connectivity index (χ3v) is 20.3. The third kappa shape index (κ3) is 20.5. The van der Waals surface area contributed by atoms with Crippen molar-refractivity contribution in [2.75, 3.05) is 56.0 Å². The summed E-state index contributed by atoms with van der Waals surface area (Å²) in [6.07, 6.45) is 17.0. The number of nitrogens with one attached hydrogen (secondary N) is 1. The Bertz CT molecular complexity index is 5720. The maximum Gasteiger partial charge on any atom is 0.287 e. The second-order valence-corrected chi connectivity index (χ2v) is 30.4. The van der Waals surface area contributed by atoms with E-state index in [-0.39, 0.29) is 104 Å². The monoisotopic (exact) mass is 1740 g/mol. The van der Waals surface area contributed by atoms with Crippen molar-refractivity contribution in [2.24, 2.45) is 5.41 Å². The Labute approximate surface area is 671 Å². The Balaban J connectivity index is 0.000000165. The summed E-state index contributed by atoms with van der Waals surface area (Å²) in [5.41, 5.74) is 1.13. The number of piperidine rings is 2. The molecular weight excluding hydrogens is 1660 g/mol. The summed E-state index contributed by atoms with van der Waals surface area (Å²) >= 11 is 7.49. The quantitative estimate of drug-likeness (QED) is 0.0197. The Hall–Kier alpha value is -10.6. The van der Waals surface area contributed by atoms with E-state index in [1.807, 2.05) is 12.1 Å². The number of allylic oxidation sites excluding steroid dienone is 3. The number of nitrogens with zero attached hydrogens (tertiary/aromatic N) is 19. The Morgan fingerprint density at radius 2 is 0.912 bits per heavy atom. The zero-order chi connectivity index (χ0) is 82.8. The van der Waals surface area contributed by atoms with Crippen LogP contribution in [0.2, 0.25) is 0 Å². The van der Waals surface area contributed by atoms with Crippen molar-refractivity contribution in [1.29, 1.82) is 0 Å². The number of alkyl halides is 8. The second kappa shape index (κ2) is 36.2. The number of aromatic nitrogens is 17. The number of likely N-dealkylation sites (tertiary alicyclic amines) is 1. The minimum absolute atomic E-state index is 0.0127. The molecule has 0 radical (unpaired) electrons. The van der Waals surface area contributed by atoms with Crippen LogP contribution in [0.5, 0.6) is 0 Å². The van der Waals surface area contributed by atoms with Gasteiger partial charge in [-0.1, -0.05) is 60.3 Å². The van der Waals surface area contributed by atoms with Crippen molar-refractivity contribution < 1.29 is 44.1 Å². The van der Waals surface area contributed by atoms with Crippen molar-refractivity contribution in [1.82, 2.24) is 87.8 Å². The van der Waals surface area contributed by atoms with Gasteiger partial charge < -0.3 is 15.1 Å². The lowest BCUT2D eigenvalue weighted by Gasteiger charge is -2.46. The topological polar surface area (TPSA) is 275 Å². The first-order valence-electron chi connectivity index (χ1n) is 35.1. The summed E-state index contributed by atoms with van der Waals surface area (Å²) in [4.78, 5) is 99.3. The molecule has 0 saturated carbocycles. The van der Waals surface area contributed by atoms with E-state index in [0.717, 1.165) is 46.5 Å². The number of ketones is 1. The molecule has 0 aliphatic carbocycles. The molecule has 14 rings (SSSR count). The highest BCUT2D eigenvalue weighted by molar-refractivity contribution is 9.10. The van der Waals surface area contributed by atoms with Gasteiger partial charge in [0.15, 0.2) is 45.3 Å². The molecule has 11 aromatic heterocycles. The lowest BCUT2D eigenvalue weighted by molar-refractivity contribution is 0.0120. The number of hydrogen-bond donors (Lipinski definition) is 1. The first kappa shape index (κ1) is 85.8. The molecule has 1 atom stereocenters. The number of fused-ring (bicyclic) bond motifs is 3. The Morgan fingerprint density at radius 3 is 1.30 bits per heavy atom. The molecule has 1 spiro atoms. The van der Waals surface area contributed by atoms with Gasteiger partial charge in [0, 0.05) is 83.9 Å². The van der Waals surface area contributed by atoms with E-state index in [9.17, 15) is 58.5 Å². The van der Waals surface area contributed by atoms with Crippen LogP contribution in [0.4, 0.5) is 52.4 Å². The number of rotatable bonds is 19. The van der Waals surface area contributed by atoms with Crippen LogP contribution >= 0.6 is 43.6 Å². The fourth-order valence-corrected chi connectivity index (χ4v) is 13.7. The summed E-state index contributed by atoms with van der Waals surface area (Å²) < 4.78 is 129. The smallest absolute Gasteiger partial charge is 0.287 e. The first-order chi connectivity index (χ1) is 54.0. The number of benzene rings is 1. The highest BCUT2D eigenvalue weighted by atomic mass is 79.9. The van der Waals surface area contributed by atoms with Gasteiger partial charge in [-0.05, 0) is 174 Å². The van der Waals surface area contributed by atoms with E-state index < -0.39 is 51.4 Å². The average Bonchev–Trinajstić information content (AvgIpc) is 1.61. The normalized spacial score (nSPS) is 14.0. The van der Waals surface area contributed by atoms with E-state index in [1.54, 1.807) is 48.7 Å². The number of anilines is 3. The molecule has 25 nitrogen and oxygen atoms in total. The molecule has 598 valence electrons. The number of hydrogen-bond acceptors (Lipinski definition) is 20. The molecule has 2 fully saturated rings.